The normalized spacial score (nSPS) is 13.7. The summed E-state index contributed by atoms with van der Waals surface area (Å²) < 4.78 is 7.40. The highest BCUT2D eigenvalue weighted by Crippen LogP contribution is 2.53. The van der Waals surface area contributed by atoms with E-state index in [1.54, 1.807) is 0 Å². The van der Waals surface area contributed by atoms with E-state index in [9.17, 15) is 4.79 Å². The van der Waals surface area contributed by atoms with E-state index in [2.05, 4.69) is 105 Å². The molecule has 0 aliphatic heterocycles. The number of unbranched alkanes of at least 4 members (excludes halogenated alkanes) is 6. The second kappa shape index (κ2) is 22.3. The van der Waals surface area contributed by atoms with E-state index in [4.69, 9.17) is 0 Å². The van der Waals surface area contributed by atoms with Crippen LogP contribution in [0.3, 0.4) is 0 Å². The molecular formula is C55H69NOS6. The lowest BCUT2D eigenvalue weighted by molar-refractivity contribution is 0.364. The van der Waals surface area contributed by atoms with Gasteiger partial charge in [0.05, 0.1) is 20.3 Å². The van der Waals surface area contributed by atoms with E-state index in [-0.39, 0.29) is 5.56 Å². The molecule has 0 fully saturated rings. The van der Waals surface area contributed by atoms with Crippen LogP contribution in [0, 0.1) is 17.8 Å². The Morgan fingerprint density at radius 3 is 1.63 bits per heavy atom. The molecule has 0 saturated heterocycles. The number of hydrogen-bond acceptors (Lipinski definition) is 7. The topological polar surface area (TPSA) is 22.0 Å². The van der Waals surface area contributed by atoms with Crippen molar-refractivity contribution in [3.8, 4) is 30.6 Å². The quantitative estimate of drug-likeness (QED) is 0.0523. The molecule has 8 rings (SSSR count). The van der Waals surface area contributed by atoms with Crippen molar-refractivity contribution in [1.29, 1.82) is 0 Å². The minimum atomic E-state index is 0.197. The molecule has 3 atom stereocenters. The first kappa shape index (κ1) is 46.9. The molecule has 7 aromatic heterocycles. The van der Waals surface area contributed by atoms with Crippen LogP contribution in [0.1, 0.15) is 154 Å². The van der Waals surface area contributed by atoms with Crippen molar-refractivity contribution in [2.75, 3.05) is 0 Å². The molecular weight excluding hydrogens is 883 g/mol. The monoisotopic (exact) mass is 951 g/mol. The summed E-state index contributed by atoms with van der Waals surface area (Å²) in [6, 6.07) is 19.1. The number of thiophene rings is 6. The highest BCUT2D eigenvalue weighted by atomic mass is 32.1. The fourth-order valence-electron chi connectivity index (χ4n) is 9.92. The predicted octanol–water partition coefficient (Wildman–Crippen LogP) is 20.1. The largest absolute Gasteiger partial charge is 0.307 e. The Morgan fingerprint density at radius 1 is 0.476 bits per heavy atom. The molecule has 336 valence electrons. The van der Waals surface area contributed by atoms with Crippen LogP contribution in [0.15, 0.2) is 64.1 Å². The summed E-state index contributed by atoms with van der Waals surface area (Å²) in [5, 5.41) is 8.18. The fraction of sp³-hybridized carbons (Fsp3) is 0.509. The van der Waals surface area contributed by atoms with Crippen LogP contribution in [0.2, 0.25) is 0 Å². The highest BCUT2D eigenvalue weighted by Gasteiger charge is 2.25. The molecule has 0 saturated carbocycles. The number of fused-ring (bicyclic) bond motifs is 5. The molecule has 0 spiro atoms. The highest BCUT2D eigenvalue weighted by molar-refractivity contribution is 7.31. The molecule has 3 unspecified atom stereocenters. The van der Waals surface area contributed by atoms with E-state index in [1.165, 1.54) is 181 Å². The summed E-state index contributed by atoms with van der Waals surface area (Å²) in [5.41, 5.74) is 4.14. The van der Waals surface area contributed by atoms with Crippen LogP contribution in [0.25, 0.3) is 71.1 Å². The molecule has 1 aromatic carbocycles. The molecule has 7 heterocycles. The Kier molecular flexibility index (Phi) is 16.6. The second-order valence-corrected chi connectivity index (χ2v) is 24.6. The average molecular weight is 953 g/mol. The third-order valence-electron chi connectivity index (χ3n) is 13.7. The SMILES string of the molecule is CCCCCCC(CCCC)Cn1c(=O)c2cc(-c3cc4c(-c5ccc(CC(CC)CCCC)s5)c5sccc5c(-c5ccc(CC(CC)CCCC)s5)c4s3)sc2c2sccc21. The van der Waals surface area contributed by atoms with Crippen LogP contribution >= 0.6 is 68.0 Å². The van der Waals surface area contributed by atoms with Gasteiger partial charge in [0, 0.05) is 67.1 Å². The first-order valence-corrected chi connectivity index (χ1v) is 29.6. The molecule has 0 radical (unpaired) electrons. The van der Waals surface area contributed by atoms with Gasteiger partial charge in [-0.1, -0.05) is 131 Å². The smallest absolute Gasteiger partial charge is 0.259 e. The van der Waals surface area contributed by atoms with Crippen LogP contribution in [0.5, 0.6) is 0 Å². The minimum absolute atomic E-state index is 0.197. The van der Waals surface area contributed by atoms with E-state index in [0.717, 1.165) is 34.0 Å². The van der Waals surface area contributed by atoms with Gasteiger partial charge in [-0.2, -0.15) is 0 Å². The van der Waals surface area contributed by atoms with Gasteiger partial charge in [-0.3, -0.25) is 4.79 Å². The summed E-state index contributed by atoms with van der Waals surface area (Å²) in [6.45, 7) is 14.8. The van der Waals surface area contributed by atoms with Crippen molar-refractivity contribution in [2.45, 2.75) is 164 Å². The van der Waals surface area contributed by atoms with Gasteiger partial charge in [-0.25, -0.2) is 0 Å². The molecule has 0 aliphatic rings. The maximum atomic E-state index is 14.7. The molecule has 63 heavy (non-hydrogen) atoms. The Labute approximate surface area is 401 Å². The zero-order valence-corrected chi connectivity index (χ0v) is 43.6. The van der Waals surface area contributed by atoms with E-state index in [0.29, 0.717) is 5.92 Å². The number of nitrogens with zero attached hydrogens (tertiary/aromatic N) is 1. The Morgan fingerprint density at radius 2 is 1.02 bits per heavy atom. The second-order valence-electron chi connectivity index (χ2n) is 18.3. The van der Waals surface area contributed by atoms with Crippen LogP contribution in [0.4, 0.5) is 0 Å². The third-order valence-corrected chi connectivity index (χ3v) is 20.5. The van der Waals surface area contributed by atoms with Crippen LogP contribution in [-0.2, 0) is 19.4 Å². The lowest BCUT2D eigenvalue weighted by Gasteiger charge is -2.19. The van der Waals surface area contributed by atoms with E-state index in [1.807, 2.05) is 68.0 Å². The van der Waals surface area contributed by atoms with Gasteiger partial charge in [-0.15, -0.1) is 68.0 Å². The van der Waals surface area contributed by atoms with Crippen LogP contribution in [-0.4, -0.2) is 4.57 Å². The molecule has 0 amide bonds. The van der Waals surface area contributed by atoms with Crippen molar-refractivity contribution >= 4 is 108 Å². The summed E-state index contributed by atoms with van der Waals surface area (Å²) in [6.07, 6.45) is 22.6. The van der Waals surface area contributed by atoms with Crippen molar-refractivity contribution in [3.63, 3.8) is 0 Å². The maximum Gasteiger partial charge on any atom is 0.259 e. The number of rotatable bonds is 25. The summed E-state index contributed by atoms with van der Waals surface area (Å²) >= 11 is 11.6. The first-order valence-electron chi connectivity index (χ1n) is 24.6. The molecule has 0 N–H and O–H groups in total. The Balaban J connectivity index is 1.25. The number of hydrogen-bond donors (Lipinski definition) is 0. The molecule has 0 bridgehead atoms. The Hall–Kier alpha value is -2.59. The first-order chi connectivity index (χ1) is 30.9. The summed E-state index contributed by atoms with van der Waals surface area (Å²) in [5.74, 6) is 2.03. The number of aromatic nitrogens is 1. The van der Waals surface area contributed by atoms with E-state index >= 15 is 0 Å². The fourth-order valence-corrected chi connectivity index (χ4v) is 16.9. The maximum absolute atomic E-state index is 14.7. The lowest BCUT2D eigenvalue weighted by atomic mass is 9.95. The van der Waals surface area contributed by atoms with Gasteiger partial charge in [0.25, 0.3) is 5.56 Å². The van der Waals surface area contributed by atoms with Gasteiger partial charge in [0.1, 0.15) is 0 Å². The predicted molar refractivity (Wildman–Crippen MR) is 290 cm³/mol. The lowest BCUT2D eigenvalue weighted by Crippen LogP contribution is -2.24. The van der Waals surface area contributed by atoms with Crippen molar-refractivity contribution in [2.24, 2.45) is 17.8 Å². The van der Waals surface area contributed by atoms with Crippen molar-refractivity contribution < 1.29 is 0 Å². The van der Waals surface area contributed by atoms with Gasteiger partial charge in [-0.05, 0) is 103 Å². The standard InChI is InChI=1S/C55H69NOS6/c1-7-13-17-18-22-38(21-16-10-4)35-56-44-28-30-59-54(44)53-43(55(56)57)34-48(63-53)47-33-42-50(46-26-24-40(61-46)32-37(12-6)20-15-9-3)51-41(27-29-58-51)49(52(42)62-47)45-25-23-39(60-45)31-36(11-5)19-14-8-2/h23-30,33-34,36-38H,7-22,31-32,35H2,1-6H3. The van der Waals surface area contributed by atoms with Gasteiger partial charge >= 0.3 is 0 Å². The van der Waals surface area contributed by atoms with Crippen LogP contribution < -0.4 is 5.56 Å². The molecule has 2 nitrogen and oxygen atoms in total. The zero-order chi connectivity index (χ0) is 43.9. The molecule has 0 aliphatic carbocycles. The summed E-state index contributed by atoms with van der Waals surface area (Å²) in [4.78, 5) is 23.1. The zero-order valence-electron chi connectivity index (χ0n) is 38.7. The van der Waals surface area contributed by atoms with E-state index < -0.39 is 0 Å². The van der Waals surface area contributed by atoms with Crippen molar-refractivity contribution in [1.82, 2.24) is 4.57 Å². The summed E-state index contributed by atoms with van der Waals surface area (Å²) in [7, 11) is 0. The van der Waals surface area contributed by atoms with Gasteiger partial charge in [0.2, 0.25) is 0 Å². The number of pyridine rings is 1. The molecule has 8 heteroatoms. The minimum Gasteiger partial charge on any atom is -0.307 e. The van der Waals surface area contributed by atoms with Crippen molar-refractivity contribution in [3.05, 3.63) is 79.4 Å². The third kappa shape index (κ3) is 10.4. The van der Waals surface area contributed by atoms with Gasteiger partial charge in [0.15, 0.2) is 0 Å². The number of benzene rings is 1. The van der Waals surface area contributed by atoms with Gasteiger partial charge < -0.3 is 4.57 Å². The average Bonchev–Trinajstić information content (AvgIpc) is 4.16. The molecule has 8 aromatic rings. The Bertz CT molecular complexity index is 2650.